The van der Waals surface area contributed by atoms with Crippen molar-refractivity contribution < 1.29 is 24.5 Å². The molecule has 0 bridgehead atoms. The Morgan fingerprint density at radius 2 is 1.00 bits per heavy atom. The minimum atomic E-state index is -0.352. The van der Waals surface area contributed by atoms with Crippen LogP contribution in [-0.4, -0.2) is 34.4 Å². The van der Waals surface area contributed by atoms with Gasteiger partial charge in [-0.3, -0.25) is 9.59 Å². The zero-order valence-electron chi connectivity index (χ0n) is 17.6. The van der Waals surface area contributed by atoms with E-state index in [1.54, 1.807) is 0 Å². The molecule has 0 aromatic heterocycles. The number of aliphatic hydroxyl groups excluding tert-OH is 2. The highest BCUT2D eigenvalue weighted by Crippen LogP contribution is 2.17. The normalized spacial score (nSPS) is 19.1. The van der Waals surface area contributed by atoms with E-state index < -0.39 is 0 Å². The first-order chi connectivity index (χ1) is 13.0. The molecule has 2 N–H and O–H groups in total. The third kappa shape index (κ3) is 18.2. The predicted octanol–water partition coefficient (Wildman–Crippen LogP) is 5.06. The van der Waals surface area contributed by atoms with Gasteiger partial charge in [0.15, 0.2) is 0 Å². The fourth-order valence-electron chi connectivity index (χ4n) is 3.03. The fourth-order valence-corrected chi connectivity index (χ4v) is 3.03. The van der Waals surface area contributed by atoms with Crippen molar-refractivity contribution in [2.24, 2.45) is 0 Å². The summed E-state index contributed by atoms with van der Waals surface area (Å²) in [7, 11) is 0. The van der Waals surface area contributed by atoms with Gasteiger partial charge in [0.2, 0.25) is 0 Å². The van der Waals surface area contributed by atoms with Crippen LogP contribution in [0, 0.1) is 0 Å². The second kappa shape index (κ2) is 18.4. The van der Waals surface area contributed by atoms with Gasteiger partial charge in [-0.25, -0.2) is 0 Å². The zero-order valence-corrected chi connectivity index (χ0v) is 17.6. The molecule has 0 heterocycles. The number of carbonyl (C=O) groups is 2. The topological polar surface area (TPSA) is 83.8 Å². The summed E-state index contributed by atoms with van der Waals surface area (Å²) in [6.07, 6.45) is 14.5. The summed E-state index contributed by atoms with van der Waals surface area (Å²) in [4.78, 5) is 22.8. The van der Waals surface area contributed by atoms with E-state index in [9.17, 15) is 9.59 Å². The van der Waals surface area contributed by atoms with Crippen molar-refractivity contribution in [3.8, 4) is 0 Å². The van der Waals surface area contributed by atoms with Gasteiger partial charge >= 0.3 is 11.9 Å². The highest BCUT2D eigenvalue weighted by atomic mass is 16.6. The molecule has 1 saturated carbocycles. The van der Waals surface area contributed by atoms with E-state index in [0.29, 0.717) is 12.8 Å². The van der Waals surface area contributed by atoms with E-state index >= 15 is 0 Å². The molecule has 0 saturated heterocycles. The molecule has 27 heavy (non-hydrogen) atoms. The van der Waals surface area contributed by atoms with Gasteiger partial charge in [0.25, 0.3) is 0 Å². The van der Waals surface area contributed by atoms with Crippen molar-refractivity contribution in [2.75, 3.05) is 0 Å². The Hall–Kier alpha value is -0.940. The van der Waals surface area contributed by atoms with Crippen LogP contribution in [-0.2, 0) is 14.3 Å². The van der Waals surface area contributed by atoms with Gasteiger partial charge in [-0.1, -0.05) is 65.2 Å². The number of aliphatic hydroxyl groups is 2. The summed E-state index contributed by atoms with van der Waals surface area (Å²) in [5, 5.41) is 17.8. The van der Waals surface area contributed by atoms with Gasteiger partial charge in [-0.15, -0.1) is 0 Å². The van der Waals surface area contributed by atoms with Gasteiger partial charge in [-0.05, 0) is 38.5 Å². The minimum Gasteiger partial charge on any atom is -0.393 e. The number of rotatable bonds is 12. The molecule has 0 amide bonds. The Morgan fingerprint density at radius 3 is 1.33 bits per heavy atom. The molecule has 0 aromatic carbocycles. The van der Waals surface area contributed by atoms with Crippen molar-refractivity contribution in [2.45, 2.75) is 129 Å². The number of carbonyl (C=O) groups excluding carboxylic acids is 2. The van der Waals surface area contributed by atoms with E-state index in [0.717, 1.165) is 64.2 Å². The first kappa shape index (κ1) is 26.1. The van der Waals surface area contributed by atoms with Crippen LogP contribution in [0.1, 0.15) is 117 Å². The van der Waals surface area contributed by atoms with Crippen molar-refractivity contribution >= 4 is 11.9 Å². The van der Waals surface area contributed by atoms with E-state index in [-0.39, 0.29) is 24.1 Å². The van der Waals surface area contributed by atoms with Crippen LogP contribution in [0.3, 0.4) is 0 Å². The Kier molecular flexibility index (Phi) is 17.8. The Bertz CT molecular complexity index is 328. The molecule has 1 aliphatic rings. The third-order valence-electron chi connectivity index (χ3n) is 4.86. The number of esters is 2. The average Bonchev–Trinajstić information content (AvgIpc) is 2.64. The van der Waals surface area contributed by atoms with Crippen LogP contribution < -0.4 is 0 Å². The molecular weight excluding hydrogens is 344 g/mol. The molecule has 160 valence electrons. The minimum absolute atomic E-state index is 0.140. The van der Waals surface area contributed by atoms with Crippen LogP contribution in [0.4, 0.5) is 0 Å². The van der Waals surface area contributed by atoms with Crippen LogP contribution in [0.2, 0.25) is 0 Å². The van der Waals surface area contributed by atoms with Crippen LogP contribution in [0.5, 0.6) is 0 Å². The Morgan fingerprint density at radius 1 is 0.667 bits per heavy atom. The van der Waals surface area contributed by atoms with Crippen LogP contribution >= 0.6 is 0 Å². The molecule has 0 radical (unpaired) electrons. The molecule has 0 aromatic rings. The third-order valence-corrected chi connectivity index (χ3v) is 4.86. The van der Waals surface area contributed by atoms with E-state index in [1.165, 1.54) is 25.7 Å². The first-order valence-electron chi connectivity index (χ1n) is 11.1. The molecule has 1 fully saturated rings. The standard InChI is InChI=1S/C16H30O3.C6H12O2/c1-3-5-7-9-11-13-15(17)19-16(18)14-12-10-8-6-4-2;7-5-1-2-6(8)4-3-5/h3-14H2,1-2H3;5-8H,1-4H2. The van der Waals surface area contributed by atoms with Gasteiger partial charge in [0.1, 0.15) is 0 Å². The van der Waals surface area contributed by atoms with Crippen molar-refractivity contribution in [1.82, 2.24) is 0 Å². The molecule has 0 spiro atoms. The van der Waals surface area contributed by atoms with Gasteiger partial charge in [0.05, 0.1) is 12.2 Å². The molecule has 0 atom stereocenters. The smallest absolute Gasteiger partial charge is 0.313 e. The maximum Gasteiger partial charge on any atom is 0.313 e. The molecule has 5 nitrogen and oxygen atoms in total. The van der Waals surface area contributed by atoms with E-state index in [2.05, 4.69) is 13.8 Å². The molecular formula is C22H42O5. The number of hydrogen-bond acceptors (Lipinski definition) is 5. The second-order valence-electron chi connectivity index (χ2n) is 7.64. The first-order valence-corrected chi connectivity index (χ1v) is 11.1. The summed E-state index contributed by atoms with van der Waals surface area (Å²) in [5.74, 6) is -0.704. The van der Waals surface area contributed by atoms with Crippen LogP contribution in [0.15, 0.2) is 0 Å². The maximum atomic E-state index is 11.4. The highest BCUT2D eigenvalue weighted by Gasteiger charge is 2.16. The molecule has 1 rings (SSSR count). The predicted molar refractivity (Wildman–Crippen MR) is 108 cm³/mol. The summed E-state index contributed by atoms with van der Waals surface area (Å²) < 4.78 is 4.79. The average molecular weight is 387 g/mol. The zero-order chi connectivity index (χ0) is 20.3. The summed E-state index contributed by atoms with van der Waals surface area (Å²) >= 11 is 0. The van der Waals surface area contributed by atoms with E-state index in [1.807, 2.05) is 0 Å². The number of hydrogen-bond donors (Lipinski definition) is 2. The summed E-state index contributed by atoms with van der Waals surface area (Å²) in [6, 6.07) is 0. The summed E-state index contributed by atoms with van der Waals surface area (Å²) in [5.41, 5.74) is 0. The van der Waals surface area contributed by atoms with Crippen LogP contribution in [0.25, 0.3) is 0 Å². The lowest BCUT2D eigenvalue weighted by Crippen LogP contribution is -2.21. The fraction of sp³-hybridized carbons (Fsp3) is 0.909. The number of ether oxygens (including phenoxy) is 1. The second-order valence-corrected chi connectivity index (χ2v) is 7.64. The molecule has 0 aliphatic heterocycles. The maximum absolute atomic E-state index is 11.4. The lowest BCUT2D eigenvalue weighted by atomic mass is 9.95. The Labute approximate surface area is 165 Å². The molecule has 1 aliphatic carbocycles. The number of unbranched alkanes of at least 4 members (excludes halogenated alkanes) is 8. The quantitative estimate of drug-likeness (QED) is 0.278. The largest absolute Gasteiger partial charge is 0.393 e. The SMILES string of the molecule is CCCCCCCC(=O)OC(=O)CCCCCCC.OC1CCC(O)CC1. The van der Waals surface area contributed by atoms with Crippen molar-refractivity contribution in [1.29, 1.82) is 0 Å². The molecule has 5 heteroatoms. The molecule has 0 unspecified atom stereocenters. The monoisotopic (exact) mass is 386 g/mol. The lowest BCUT2D eigenvalue weighted by Gasteiger charge is -2.20. The van der Waals surface area contributed by atoms with E-state index in [4.69, 9.17) is 14.9 Å². The van der Waals surface area contributed by atoms with Gasteiger partial charge in [0, 0.05) is 12.8 Å². The Balaban J connectivity index is 0.000000694. The lowest BCUT2D eigenvalue weighted by molar-refractivity contribution is -0.159. The van der Waals surface area contributed by atoms with Gasteiger partial charge in [-0.2, -0.15) is 0 Å². The van der Waals surface area contributed by atoms with Crippen molar-refractivity contribution in [3.63, 3.8) is 0 Å². The van der Waals surface area contributed by atoms with Gasteiger partial charge < -0.3 is 14.9 Å². The summed E-state index contributed by atoms with van der Waals surface area (Å²) in [6.45, 7) is 4.32. The highest BCUT2D eigenvalue weighted by molar-refractivity contribution is 5.85. The van der Waals surface area contributed by atoms with Crippen molar-refractivity contribution in [3.05, 3.63) is 0 Å².